The largest absolute Gasteiger partial charge is 0.310 e. The van der Waals surface area contributed by atoms with Crippen LogP contribution >= 0.6 is 0 Å². The Morgan fingerprint density at radius 2 is 2.00 bits per heavy atom. The van der Waals surface area contributed by atoms with Gasteiger partial charge in [-0.15, -0.1) is 0 Å². The average molecular weight is 219 g/mol. The molecule has 1 aromatic rings. The maximum Gasteiger partial charge on any atom is 0.108 e. The van der Waals surface area contributed by atoms with E-state index in [0.717, 1.165) is 18.9 Å². The molecule has 3 nitrogen and oxygen atoms in total. The van der Waals surface area contributed by atoms with Crippen molar-refractivity contribution in [2.45, 2.75) is 33.2 Å². The van der Waals surface area contributed by atoms with Crippen molar-refractivity contribution >= 4 is 5.84 Å². The Balaban J connectivity index is 2.23. The van der Waals surface area contributed by atoms with Crippen LogP contribution in [0.25, 0.3) is 0 Å². The van der Waals surface area contributed by atoms with Gasteiger partial charge in [0.1, 0.15) is 5.84 Å². The monoisotopic (exact) mass is 219 g/mol. The fourth-order valence-electron chi connectivity index (χ4n) is 1.29. The van der Waals surface area contributed by atoms with Gasteiger partial charge in [-0.3, -0.25) is 4.99 Å². The Labute approximate surface area is 98.0 Å². The maximum absolute atomic E-state index is 4.44. The molecular weight excluding hydrogens is 198 g/mol. The molecule has 0 bridgehead atoms. The normalized spacial score (nSPS) is 11.5. The van der Waals surface area contributed by atoms with E-state index in [1.807, 2.05) is 25.1 Å². The average Bonchev–Trinajstić information content (AvgIpc) is 2.33. The van der Waals surface area contributed by atoms with Gasteiger partial charge in [0.05, 0.1) is 6.54 Å². The van der Waals surface area contributed by atoms with Gasteiger partial charge in [0.25, 0.3) is 0 Å². The lowest BCUT2D eigenvalue weighted by Crippen LogP contribution is -2.36. The number of amidine groups is 1. The number of hydrogen-bond donors (Lipinski definition) is 2. The van der Waals surface area contributed by atoms with Crippen molar-refractivity contribution in [1.29, 1.82) is 0 Å². The molecule has 0 radical (unpaired) electrons. The standard InChI is InChI=1S/C13H21N3/c1-3-4-10-15-16-12(2)14-11-13-8-6-5-7-9-13/h5-9,15H,3-4,10-11H2,1-2H3,(H,14,16). The lowest BCUT2D eigenvalue weighted by Gasteiger charge is -2.07. The molecule has 0 aliphatic heterocycles. The Bertz CT molecular complexity index is 306. The fraction of sp³-hybridized carbons (Fsp3) is 0.462. The van der Waals surface area contributed by atoms with Crippen molar-refractivity contribution in [3.05, 3.63) is 35.9 Å². The Hall–Kier alpha value is -1.35. The zero-order chi connectivity index (χ0) is 11.6. The first-order valence-corrected chi connectivity index (χ1v) is 5.86. The smallest absolute Gasteiger partial charge is 0.108 e. The number of hydrazine groups is 1. The van der Waals surface area contributed by atoms with E-state index in [9.17, 15) is 0 Å². The quantitative estimate of drug-likeness (QED) is 0.334. The Kier molecular flexibility index (Phi) is 6.26. The van der Waals surface area contributed by atoms with Crippen LogP contribution in [0.15, 0.2) is 35.3 Å². The van der Waals surface area contributed by atoms with E-state index < -0.39 is 0 Å². The van der Waals surface area contributed by atoms with Crippen LogP contribution in [0.1, 0.15) is 32.3 Å². The van der Waals surface area contributed by atoms with E-state index in [0.29, 0.717) is 0 Å². The van der Waals surface area contributed by atoms with E-state index in [1.54, 1.807) is 0 Å². The molecule has 0 aliphatic carbocycles. The summed E-state index contributed by atoms with van der Waals surface area (Å²) in [6.45, 7) is 5.86. The zero-order valence-electron chi connectivity index (χ0n) is 10.2. The van der Waals surface area contributed by atoms with Crippen molar-refractivity contribution in [3.63, 3.8) is 0 Å². The summed E-state index contributed by atoms with van der Waals surface area (Å²) >= 11 is 0. The molecule has 0 saturated heterocycles. The minimum atomic E-state index is 0.731. The molecule has 0 heterocycles. The van der Waals surface area contributed by atoms with Crippen LogP contribution in [-0.4, -0.2) is 12.4 Å². The third kappa shape index (κ3) is 5.51. The SMILES string of the molecule is CCCCNNC(C)=NCc1ccccc1. The predicted molar refractivity (Wildman–Crippen MR) is 69.3 cm³/mol. The Morgan fingerprint density at radius 1 is 1.25 bits per heavy atom. The van der Waals surface area contributed by atoms with Gasteiger partial charge < -0.3 is 5.43 Å². The van der Waals surface area contributed by atoms with Crippen molar-refractivity contribution in [3.8, 4) is 0 Å². The first-order valence-electron chi connectivity index (χ1n) is 5.86. The van der Waals surface area contributed by atoms with Crippen LogP contribution in [0, 0.1) is 0 Å². The molecule has 0 fully saturated rings. The van der Waals surface area contributed by atoms with Crippen LogP contribution in [0.3, 0.4) is 0 Å². The van der Waals surface area contributed by atoms with Crippen molar-refractivity contribution in [1.82, 2.24) is 10.9 Å². The van der Waals surface area contributed by atoms with Crippen molar-refractivity contribution in [2.24, 2.45) is 4.99 Å². The third-order valence-corrected chi connectivity index (χ3v) is 2.27. The maximum atomic E-state index is 4.44. The number of hydrogen-bond acceptors (Lipinski definition) is 2. The molecule has 0 unspecified atom stereocenters. The van der Waals surface area contributed by atoms with Crippen LogP contribution in [-0.2, 0) is 6.54 Å². The molecule has 0 atom stereocenters. The number of unbranched alkanes of at least 4 members (excludes halogenated alkanes) is 1. The van der Waals surface area contributed by atoms with Gasteiger partial charge >= 0.3 is 0 Å². The lowest BCUT2D eigenvalue weighted by atomic mass is 10.2. The second kappa shape index (κ2) is 7.88. The highest BCUT2D eigenvalue weighted by Crippen LogP contribution is 1.99. The highest BCUT2D eigenvalue weighted by molar-refractivity contribution is 5.78. The molecule has 1 rings (SSSR count). The first-order chi connectivity index (χ1) is 7.83. The summed E-state index contributed by atoms with van der Waals surface area (Å²) in [6, 6.07) is 10.3. The topological polar surface area (TPSA) is 36.4 Å². The van der Waals surface area contributed by atoms with Gasteiger partial charge in [-0.1, -0.05) is 43.7 Å². The molecule has 88 valence electrons. The molecule has 0 aromatic heterocycles. The lowest BCUT2D eigenvalue weighted by molar-refractivity contribution is 0.609. The zero-order valence-corrected chi connectivity index (χ0v) is 10.2. The summed E-state index contributed by atoms with van der Waals surface area (Å²) in [6.07, 6.45) is 2.38. The van der Waals surface area contributed by atoms with Crippen LogP contribution in [0.4, 0.5) is 0 Å². The molecule has 0 saturated carbocycles. The number of nitrogens with zero attached hydrogens (tertiary/aromatic N) is 1. The van der Waals surface area contributed by atoms with Gasteiger partial charge in [-0.05, 0) is 18.9 Å². The highest BCUT2D eigenvalue weighted by Gasteiger charge is 1.91. The summed E-state index contributed by atoms with van der Waals surface area (Å²) in [7, 11) is 0. The summed E-state index contributed by atoms with van der Waals surface area (Å²) in [4.78, 5) is 4.44. The van der Waals surface area contributed by atoms with E-state index in [2.05, 4.69) is 34.9 Å². The minimum Gasteiger partial charge on any atom is -0.310 e. The molecule has 2 N–H and O–H groups in total. The van der Waals surface area contributed by atoms with E-state index in [4.69, 9.17) is 0 Å². The summed E-state index contributed by atoms with van der Waals surface area (Å²) in [5, 5.41) is 0. The number of nitrogens with one attached hydrogen (secondary N) is 2. The molecule has 1 aromatic carbocycles. The number of rotatable bonds is 6. The first kappa shape index (κ1) is 12.7. The molecule has 0 aliphatic rings. The minimum absolute atomic E-state index is 0.731. The van der Waals surface area contributed by atoms with Crippen molar-refractivity contribution in [2.75, 3.05) is 6.54 Å². The van der Waals surface area contributed by atoms with E-state index in [1.165, 1.54) is 18.4 Å². The number of aliphatic imine (C=N–C) groups is 1. The van der Waals surface area contributed by atoms with Gasteiger partial charge in [-0.25, -0.2) is 5.43 Å². The van der Waals surface area contributed by atoms with E-state index >= 15 is 0 Å². The Morgan fingerprint density at radius 3 is 2.69 bits per heavy atom. The van der Waals surface area contributed by atoms with Gasteiger partial charge in [-0.2, -0.15) is 0 Å². The molecule has 0 spiro atoms. The number of benzene rings is 1. The summed E-state index contributed by atoms with van der Waals surface area (Å²) < 4.78 is 0. The highest BCUT2D eigenvalue weighted by atomic mass is 15.4. The van der Waals surface area contributed by atoms with Crippen molar-refractivity contribution < 1.29 is 0 Å². The van der Waals surface area contributed by atoms with Gasteiger partial charge in [0, 0.05) is 6.54 Å². The molecule has 16 heavy (non-hydrogen) atoms. The molecule has 3 heteroatoms. The van der Waals surface area contributed by atoms with Gasteiger partial charge in [0.2, 0.25) is 0 Å². The summed E-state index contributed by atoms with van der Waals surface area (Å²) in [5.41, 5.74) is 7.46. The fourth-order valence-corrected chi connectivity index (χ4v) is 1.29. The van der Waals surface area contributed by atoms with Gasteiger partial charge in [0.15, 0.2) is 0 Å². The summed E-state index contributed by atoms with van der Waals surface area (Å²) in [5.74, 6) is 0.931. The van der Waals surface area contributed by atoms with Crippen LogP contribution in [0.2, 0.25) is 0 Å². The predicted octanol–water partition coefficient (Wildman–Crippen LogP) is 2.50. The third-order valence-electron chi connectivity index (χ3n) is 2.27. The molecule has 0 amide bonds. The van der Waals surface area contributed by atoms with E-state index in [-0.39, 0.29) is 0 Å². The second-order valence-electron chi connectivity index (χ2n) is 3.79. The molecular formula is C13H21N3. The van der Waals surface area contributed by atoms with Crippen LogP contribution < -0.4 is 10.9 Å². The van der Waals surface area contributed by atoms with Crippen LogP contribution in [0.5, 0.6) is 0 Å². The second-order valence-corrected chi connectivity index (χ2v) is 3.79.